The topological polar surface area (TPSA) is 130 Å². The van der Waals surface area contributed by atoms with Crippen LogP contribution in [0.3, 0.4) is 0 Å². The van der Waals surface area contributed by atoms with E-state index in [1.807, 2.05) is 58.3 Å². The monoisotopic (exact) mass is 601 g/mol. The summed E-state index contributed by atoms with van der Waals surface area (Å²) in [7, 11) is -1.76. The summed E-state index contributed by atoms with van der Waals surface area (Å²) in [5.74, 6) is 0.214. The van der Waals surface area contributed by atoms with Crippen LogP contribution in [0.5, 0.6) is 0 Å². The molecule has 1 atom stereocenters. The molecule has 6 rings (SSSR count). The first-order valence-corrected chi connectivity index (χ1v) is 16.5. The highest BCUT2D eigenvalue weighted by Crippen LogP contribution is 2.45. The summed E-state index contributed by atoms with van der Waals surface area (Å²) in [6.45, 7) is 7.65. The molecule has 5 aromatic rings. The molecule has 0 radical (unpaired) electrons. The summed E-state index contributed by atoms with van der Waals surface area (Å²) in [4.78, 5) is 5.31. The summed E-state index contributed by atoms with van der Waals surface area (Å²) in [6, 6.07) is 15.8. The molecule has 0 bridgehead atoms. The minimum absolute atomic E-state index is 0.158. The number of aromatic nitrogens is 5. The Bertz CT molecular complexity index is 1880. The lowest BCUT2D eigenvalue weighted by molar-refractivity contribution is 0.0552. The van der Waals surface area contributed by atoms with Gasteiger partial charge in [-0.25, -0.2) is 13.1 Å². The van der Waals surface area contributed by atoms with Crippen molar-refractivity contribution < 1.29 is 13.2 Å². The van der Waals surface area contributed by atoms with Gasteiger partial charge in [-0.05, 0) is 63.3 Å². The van der Waals surface area contributed by atoms with Gasteiger partial charge in [-0.1, -0.05) is 35.5 Å². The number of nitrogens with zero attached hydrogens (tertiary/aromatic N) is 5. The van der Waals surface area contributed by atoms with Crippen LogP contribution in [-0.2, 0) is 21.6 Å². The van der Waals surface area contributed by atoms with E-state index in [1.165, 1.54) is 6.26 Å². The molecule has 0 unspecified atom stereocenters. The van der Waals surface area contributed by atoms with Gasteiger partial charge in [-0.3, -0.25) is 4.98 Å². The molecule has 11 heteroatoms. The summed E-state index contributed by atoms with van der Waals surface area (Å²) >= 11 is 0. The van der Waals surface area contributed by atoms with Gasteiger partial charge in [0.25, 0.3) is 0 Å². The second-order valence-corrected chi connectivity index (χ2v) is 14.3. The van der Waals surface area contributed by atoms with Gasteiger partial charge in [0.1, 0.15) is 0 Å². The van der Waals surface area contributed by atoms with Crippen molar-refractivity contribution in [2.24, 2.45) is 18.7 Å². The zero-order chi connectivity index (χ0) is 30.5. The van der Waals surface area contributed by atoms with Crippen LogP contribution in [0.1, 0.15) is 44.0 Å². The molecular weight excluding hydrogens is 562 g/mol. The van der Waals surface area contributed by atoms with Crippen LogP contribution in [0.4, 0.5) is 5.69 Å². The van der Waals surface area contributed by atoms with E-state index in [9.17, 15) is 8.42 Å². The standard InChI is InChI=1S/C32H39N7O3S/c1-20-29(38(4)37-36-20)23-17-25-28(34-18-23)27-24(35-19-32(2,3)33)11-12-26(43(5,40)41)31(27)39(25)30(21-9-7-6-8-10-21)22-13-15-42-16-14-22/h6-12,17-18,22,30,35H,13-16,19,33H2,1-5H3/t30-/m1/s1. The highest BCUT2D eigenvalue weighted by Gasteiger charge is 2.33. The van der Waals surface area contributed by atoms with Gasteiger partial charge in [0, 0.05) is 56.0 Å². The molecule has 1 saturated heterocycles. The Morgan fingerprint density at radius 2 is 1.86 bits per heavy atom. The Morgan fingerprint density at radius 3 is 2.49 bits per heavy atom. The van der Waals surface area contributed by atoms with E-state index in [1.54, 1.807) is 10.7 Å². The van der Waals surface area contributed by atoms with Crippen LogP contribution in [0.15, 0.2) is 59.6 Å². The number of nitrogens with one attached hydrogen (secondary N) is 1. The molecule has 0 saturated carbocycles. The van der Waals surface area contributed by atoms with Crippen molar-refractivity contribution in [3.8, 4) is 11.3 Å². The predicted octanol–water partition coefficient (Wildman–Crippen LogP) is 4.86. The quantitative estimate of drug-likeness (QED) is 0.258. The van der Waals surface area contributed by atoms with Gasteiger partial charge >= 0.3 is 0 Å². The normalized spacial score (nSPS) is 15.8. The average Bonchev–Trinajstić information content (AvgIpc) is 3.48. The van der Waals surface area contributed by atoms with Crippen molar-refractivity contribution in [1.82, 2.24) is 24.5 Å². The van der Waals surface area contributed by atoms with Gasteiger partial charge < -0.3 is 20.4 Å². The first-order valence-electron chi connectivity index (χ1n) is 14.6. The molecule has 1 aliphatic heterocycles. The van der Waals surface area contributed by atoms with Crippen LogP contribution >= 0.6 is 0 Å². The third-order valence-corrected chi connectivity index (χ3v) is 9.41. The SMILES string of the molecule is Cc1nnn(C)c1-c1cnc2c3c(NCC(C)(C)N)ccc(S(C)(=O)=O)c3n([C@H](c3ccccc3)C3CCOCC3)c2c1. The smallest absolute Gasteiger partial charge is 0.177 e. The van der Waals surface area contributed by atoms with E-state index in [4.69, 9.17) is 15.5 Å². The molecule has 10 nitrogen and oxygen atoms in total. The molecule has 1 aliphatic rings. The molecule has 3 N–H and O–H groups in total. The number of hydrogen-bond acceptors (Lipinski definition) is 8. The van der Waals surface area contributed by atoms with Gasteiger partial charge in [-0.15, -0.1) is 5.10 Å². The molecule has 4 heterocycles. The zero-order valence-corrected chi connectivity index (χ0v) is 26.1. The number of pyridine rings is 1. The van der Waals surface area contributed by atoms with Crippen LogP contribution < -0.4 is 11.1 Å². The number of sulfone groups is 1. The number of anilines is 1. The lowest BCUT2D eigenvalue weighted by Crippen LogP contribution is -2.39. The molecule has 2 aromatic carbocycles. The fraction of sp³-hybridized carbons (Fsp3) is 0.406. The summed E-state index contributed by atoms with van der Waals surface area (Å²) < 4.78 is 36.7. The largest absolute Gasteiger partial charge is 0.383 e. The third-order valence-electron chi connectivity index (χ3n) is 8.28. The maximum Gasteiger partial charge on any atom is 0.177 e. The lowest BCUT2D eigenvalue weighted by atomic mass is 9.86. The van der Waals surface area contributed by atoms with Crippen molar-refractivity contribution in [1.29, 1.82) is 0 Å². The minimum Gasteiger partial charge on any atom is -0.383 e. The molecular formula is C32H39N7O3S. The van der Waals surface area contributed by atoms with Crippen molar-refractivity contribution in [2.45, 2.75) is 50.1 Å². The van der Waals surface area contributed by atoms with E-state index in [0.717, 1.165) is 57.5 Å². The maximum atomic E-state index is 13.5. The second-order valence-electron chi connectivity index (χ2n) is 12.4. The summed E-state index contributed by atoms with van der Waals surface area (Å²) in [5.41, 5.74) is 12.5. The molecule has 3 aromatic heterocycles. The van der Waals surface area contributed by atoms with Gasteiger partial charge in [0.05, 0.1) is 44.3 Å². The number of ether oxygens (including phenoxy) is 1. The molecule has 0 spiro atoms. The molecule has 43 heavy (non-hydrogen) atoms. The maximum absolute atomic E-state index is 13.5. The molecule has 0 aliphatic carbocycles. The summed E-state index contributed by atoms with van der Waals surface area (Å²) in [6.07, 6.45) is 4.81. The van der Waals surface area contributed by atoms with Crippen LogP contribution in [0, 0.1) is 12.8 Å². The van der Waals surface area contributed by atoms with Gasteiger partial charge in [0.15, 0.2) is 9.84 Å². The average molecular weight is 602 g/mol. The first-order chi connectivity index (χ1) is 20.4. The summed E-state index contributed by atoms with van der Waals surface area (Å²) in [5, 5.41) is 12.8. The number of hydrogen-bond donors (Lipinski definition) is 2. The third kappa shape index (κ3) is 5.52. The van der Waals surface area contributed by atoms with Crippen LogP contribution in [0.25, 0.3) is 33.2 Å². The lowest BCUT2D eigenvalue weighted by Gasteiger charge is -2.33. The Kier molecular flexibility index (Phi) is 7.52. The predicted molar refractivity (Wildman–Crippen MR) is 170 cm³/mol. The van der Waals surface area contributed by atoms with E-state index in [2.05, 4.69) is 38.4 Å². The fourth-order valence-corrected chi connectivity index (χ4v) is 7.23. The Morgan fingerprint density at radius 1 is 1.14 bits per heavy atom. The minimum atomic E-state index is -3.62. The number of fused-ring (bicyclic) bond motifs is 3. The van der Waals surface area contributed by atoms with Crippen molar-refractivity contribution in [3.05, 3.63) is 66.0 Å². The Balaban J connectivity index is 1.76. The fourth-order valence-electron chi connectivity index (χ4n) is 6.36. The van der Waals surface area contributed by atoms with E-state index < -0.39 is 15.4 Å². The Labute approximate surface area is 252 Å². The molecule has 0 amide bonds. The van der Waals surface area contributed by atoms with E-state index >= 15 is 0 Å². The van der Waals surface area contributed by atoms with Crippen molar-refractivity contribution in [3.63, 3.8) is 0 Å². The van der Waals surface area contributed by atoms with Crippen LogP contribution in [0.2, 0.25) is 0 Å². The number of benzene rings is 2. The number of nitrogens with two attached hydrogens (primary N) is 1. The van der Waals surface area contributed by atoms with E-state index in [-0.39, 0.29) is 16.9 Å². The number of aryl methyl sites for hydroxylation is 2. The molecule has 1 fully saturated rings. The van der Waals surface area contributed by atoms with Crippen molar-refractivity contribution >= 4 is 37.5 Å². The highest BCUT2D eigenvalue weighted by atomic mass is 32.2. The van der Waals surface area contributed by atoms with E-state index in [0.29, 0.717) is 25.3 Å². The van der Waals surface area contributed by atoms with Crippen LogP contribution in [-0.4, -0.2) is 64.5 Å². The number of rotatable bonds is 8. The van der Waals surface area contributed by atoms with Crippen molar-refractivity contribution in [2.75, 3.05) is 31.3 Å². The highest BCUT2D eigenvalue weighted by molar-refractivity contribution is 7.91. The second kappa shape index (κ2) is 11.0. The van der Waals surface area contributed by atoms with Gasteiger partial charge in [-0.2, -0.15) is 0 Å². The van der Waals surface area contributed by atoms with Gasteiger partial charge in [0.2, 0.25) is 0 Å². The first kappa shape index (κ1) is 29.3. The molecule has 226 valence electrons. The zero-order valence-electron chi connectivity index (χ0n) is 25.3. The Hall–Kier alpha value is -3.80.